The summed E-state index contributed by atoms with van der Waals surface area (Å²) in [7, 11) is 0. The van der Waals surface area contributed by atoms with E-state index in [9.17, 15) is 0 Å². The maximum Gasteiger partial charge on any atom is 0.0540 e. The van der Waals surface area contributed by atoms with E-state index in [-0.39, 0.29) is 16.2 Å². The van der Waals surface area contributed by atoms with E-state index in [1.54, 1.807) is 0 Å². The SMILES string of the molecule is CC(C)(C)c1cc(N(c2ccc(-c3ccc4c(c3)C(C)(C)c3ccccc3-4)cc2)c2ccccc2-c2cccc3cccc(C4CCCCC4)c23)cc(C(C)(C)C)c1. The fourth-order valence-electron chi connectivity index (χ4n) is 9.96. The Balaban J connectivity index is 1.22. The Kier molecular flexibility index (Phi) is 9.50. The highest BCUT2D eigenvalue weighted by atomic mass is 15.1. The van der Waals surface area contributed by atoms with Gasteiger partial charge in [-0.05, 0) is 132 Å². The van der Waals surface area contributed by atoms with Crippen LogP contribution in [-0.2, 0) is 16.2 Å². The van der Waals surface area contributed by atoms with Crippen molar-refractivity contribution in [2.75, 3.05) is 4.90 Å². The number of benzene rings is 7. The van der Waals surface area contributed by atoms with Gasteiger partial charge in [-0.15, -0.1) is 0 Å². The van der Waals surface area contributed by atoms with E-state index < -0.39 is 0 Å². The molecule has 1 saturated carbocycles. The van der Waals surface area contributed by atoms with Crippen LogP contribution in [0.1, 0.15) is 121 Å². The van der Waals surface area contributed by atoms with Crippen molar-refractivity contribution in [2.45, 2.75) is 110 Å². The molecule has 2 aliphatic rings. The smallest absolute Gasteiger partial charge is 0.0540 e. The van der Waals surface area contributed by atoms with Crippen LogP contribution < -0.4 is 4.90 Å². The van der Waals surface area contributed by atoms with Crippen molar-refractivity contribution in [3.05, 3.63) is 173 Å². The van der Waals surface area contributed by atoms with Gasteiger partial charge in [0.05, 0.1) is 5.69 Å². The molecule has 0 saturated heterocycles. The van der Waals surface area contributed by atoms with Crippen LogP contribution in [0.25, 0.3) is 44.2 Å². The summed E-state index contributed by atoms with van der Waals surface area (Å²) in [6.07, 6.45) is 6.55. The second-order valence-electron chi connectivity index (χ2n) is 19.7. The Labute approximate surface area is 347 Å². The van der Waals surface area contributed by atoms with Crippen molar-refractivity contribution in [3.63, 3.8) is 0 Å². The summed E-state index contributed by atoms with van der Waals surface area (Å²) in [5.74, 6) is 0.603. The lowest BCUT2D eigenvalue weighted by molar-refractivity contribution is 0.445. The third-order valence-corrected chi connectivity index (χ3v) is 13.4. The molecule has 0 spiro atoms. The maximum absolute atomic E-state index is 2.54. The number of hydrogen-bond donors (Lipinski definition) is 0. The van der Waals surface area contributed by atoms with Gasteiger partial charge >= 0.3 is 0 Å². The lowest BCUT2D eigenvalue weighted by Crippen LogP contribution is -2.19. The topological polar surface area (TPSA) is 3.24 Å². The summed E-state index contributed by atoms with van der Waals surface area (Å²) >= 11 is 0. The van der Waals surface area contributed by atoms with Crippen molar-refractivity contribution >= 4 is 27.8 Å². The zero-order chi connectivity index (χ0) is 40.4. The first-order valence-electron chi connectivity index (χ1n) is 21.7. The number of fused-ring (bicyclic) bond motifs is 4. The van der Waals surface area contributed by atoms with E-state index in [2.05, 4.69) is 206 Å². The minimum Gasteiger partial charge on any atom is -0.310 e. The molecular weight excluding hydrogens is 699 g/mol. The second-order valence-corrected chi connectivity index (χ2v) is 19.7. The molecule has 0 radical (unpaired) electrons. The van der Waals surface area contributed by atoms with Gasteiger partial charge in [0.15, 0.2) is 0 Å². The fourth-order valence-corrected chi connectivity index (χ4v) is 9.96. The summed E-state index contributed by atoms with van der Waals surface area (Å²) in [5, 5.41) is 2.75. The van der Waals surface area contributed by atoms with Crippen LogP contribution in [0.4, 0.5) is 17.1 Å². The summed E-state index contributed by atoms with van der Waals surface area (Å²) in [4.78, 5) is 2.54. The van der Waals surface area contributed by atoms with Gasteiger partial charge in [-0.2, -0.15) is 0 Å². The zero-order valence-electron chi connectivity index (χ0n) is 35.9. The first-order valence-corrected chi connectivity index (χ1v) is 21.7. The molecule has 0 heterocycles. The summed E-state index contributed by atoms with van der Waals surface area (Å²) in [6, 6.07) is 55.8. The van der Waals surface area contributed by atoms with E-state index >= 15 is 0 Å². The molecule has 292 valence electrons. The minimum absolute atomic E-state index is 0.0173. The molecule has 7 aromatic rings. The van der Waals surface area contributed by atoms with Crippen molar-refractivity contribution in [1.29, 1.82) is 0 Å². The molecule has 2 aliphatic carbocycles. The predicted molar refractivity (Wildman–Crippen MR) is 250 cm³/mol. The molecule has 0 atom stereocenters. The normalized spacial score (nSPS) is 15.3. The highest BCUT2D eigenvalue weighted by Gasteiger charge is 2.35. The third kappa shape index (κ3) is 6.77. The van der Waals surface area contributed by atoms with Crippen molar-refractivity contribution in [2.24, 2.45) is 0 Å². The second kappa shape index (κ2) is 14.5. The molecule has 1 nitrogen and oxygen atoms in total. The van der Waals surface area contributed by atoms with Crippen LogP contribution in [0.2, 0.25) is 0 Å². The quantitative estimate of drug-likeness (QED) is 0.163. The van der Waals surface area contributed by atoms with Crippen LogP contribution in [0.3, 0.4) is 0 Å². The van der Waals surface area contributed by atoms with Crippen molar-refractivity contribution in [1.82, 2.24) is 0 Å². The predicted octanol–water partition coefficient (Wildman–Crippen LogP) is 16.6. The first kappa shape index (κ1) is 38.1. The summed E-state index contributed by atoms with van der Waals surface area (Å²) < 4.78 is 0. The molecule has 0 amide bonds. The van der Waals surface area contributed by atoms with E-state index in [1.807, 2.05) is 0 Å². The van der Waals surface area contributed by atoms with Crippen LogP contribution >= 0.6 is 0 Å². The molecule has 0 aliphatic heterocycles. The first-order chi connectivity index (χ1) is 27.8. The molecule has 1 heteroatoms. The Bertz CT molecular complexity index is 2600. The lowest BCUT2D eigenvalue weighted by atomic mass is 9.80. The van der Waals surface area contributed by atoms with Gasteiger partial charge < -0.3 is 4.90 Å². The number of anilines is 3. The van der Waals surface area contributed by atoms with Gasteiger partial charge in [0.25, 0.3) is 0 Å². The summed E-state index contributed by atoms with van der Waals surface area (Å²) in [5.41, 5.74) is 18.3. The van der Waals surface area contributed by atoms with Gasteiger partial charge in [0.2, 0.25) is 0 Å². The Morgan fingerprint density at radius 1 is 0.483 bits per heavy atom. The van der Waals surface area contributed by atoms with Crippen LogP contribution in [-0.4, -0.2) is 0 Å². The maximum atomic E-state index is 2.54. The Morgan fingerprint density at radius 3 is 1.76 bits per heavy atom. The van der Waals surface area contributed by atoms with E-state index in [0.29, 0.717) is 5.92 Å². The molecular formula is C57H59N. The van der Waals surface area contributed by atoms with E-state index in [1.165, 1.54) is 115 Å². The average Bonchev–Trinajstić information content (AvgIpc) is 3.46. The number of hydrogen-bond acceptors (Lipinski definition) is 1. The van der Waals surface area contributed by atoms with Gasteiger partial charge in [0, 0.05) is 22.4 Å². The molecule has 0 aromatic heterocycles. The van der Waals surface area contributed by atoms with Crippen molar-refractivity contribution in [3.8, 4) is 33.4 Å². The Hall–Kier alpha value is -5.40. The molecule has 7 aromatic carbocycles. The fraction of sp³-hybridized carbons (Fsp3) is 0.298. The average molecular weight is 758 g/mol. The summed E-state index contributed by atoms with van der Waals surface area (Å²) in [6.45, 7) is 18.8. The van der Waals surface area contributed by atoms with E-state index in [0.717, 1.165) is 5.69 Å². The van der Waals surface area contributed by atoms with Gasteiger partial charge in [0.1, 0.15) is 0 Å². The van der Waals surface area contributed by atoms with Gasteiger partial charge in [-0.3, -0.25) is 0 Å². The van der Waals surface area contributed by atoms with E-state index in [4.69, 9.17) is 0 Å². The Morgan fingerprint density at radius 2 is 1.07 bits per heavy atom. The van der Waals surface area contributed by atoms with Gasteiger partial charge in [-0.1, -0.05) is 184 Å². The monoisotopic (exact) mass is 757 g/mol. The number of rotatable bonds is 6. The molecule has 1 fully saturated rings. The third-order valence-electron chi connectivity index (χ3n) is 13.4. The number of para-hydroxylation sites is 1. The van der Waals surface area contributed by atoms with Crippen molar-refractivity contribution < 1.29 is 0 Å². The molecule has 58 heavy (non-hydrogen) atoms. The zero-order valence-corrected chi connectivity index (χ0v) is 35.9. The minimum atomic E-state index is -0.0380. The number of nitrogens with zero attached hydrogens (tertiary/aromatic N) is 1. The molecule has 0 bridgehead atoms. The highest BCUT2D eigenvalue weighted by Crippen LogP contribution is 2.51. The van der Waals surface area contributed by atoms with Crippen LogP contribution in [0.5, 0.6) is 0 Å². The van der Waals surface area contributed by atoms with Gasteiger partial charge in [-0.25, -0.2) is 0 Å². The molecule has 9 rings (SSSR count). The lowest BCUT2D eigenvalue weighted by Gasteiger charge is -2.32. The largest absolute Gasteiger partial charge is 0.310 e. The highest BCUT2D eigenvalue weighted by molar-refractivity contribution is 6.03. The van der Waals surface area contributed by atoms with Crippen LogP contribution in [0.15, 0.2) is 146 Å². The van der Waals surface area contributed by atoms with Crippen LogP contribution in [0, 0.1) is 0 Å². The molecule has 0 unspecified atom stereocenters. The standard InChI is InChI=1S/C57H59N/c1-55(2,3)42-35-43(56(4,5)6)37-45(36-42)58(44-31-28-38(29-32-44)41-30-33-48-47-22-12-14-26-51(47)57(7,8)52(48)34-41)53-27-15-13-23-49(53)50-25-17-21-40-20-16-24-46(54(40)50)39-18-10-9-11-19-39/h12-17,20-37,39H,9-11,18-19H2,1-8H3. The molecule has 0 N–H and O–H groups in total.